The molecule has 1 saturated carbocycles. The van der Waals surface area contributed by atoms with Gasteiger partial charge in [-0.2, -0.15) is 0 Å². The molecule has 3 aliphatic carbocycles. The van der Waals surface area contributed by atoms with Gasteiger partial charge >= 0.3 is 11.9 Å². The third-order valence-electron chi connectivity index (χ3n) is 7.16. The first kappa shape index (κ1) is 19.9. The molecule has 29 heavy (non-hydrogen) atoms. The zero-order chi connectivity index (χ0) is 21.3. The molecule has 0 aromatic carbocycles. The van der Waals surface area contributed by atoms with Crippen LogP contribution in [0.5, 0.6) is 0 Å². The van der Waals surface area contributed by atoms with E-state index in [4.69, 9.17) is 9.47 Å². The van der Waals surface area contributed by atoms with Crippen molar-refractivity contribution in [2.24, 2.45) is 17.3 Å². The number of carbonyl (C=O) groups excluding carboxylic acids is 4. The SMILES string of the molecule is CC(=O)O[C@@H]1C[C@@H]2[C@]3(CCC[C@]2(C)C(=O)O3)CC2=C1C(O)=C(C(C)C)C(=O)C2=O. The molecular formula is C22H26O7. The average molecular weight is 402 g/mol. The fourth-order valence-corrected chi connectivity index (χ4v) is 5.85. The van der Waals surface area contributed by atoms with Crippen molar-refractivity contribution in [3.63, 3.8) is 0 Å². The molecule has 1 saturated heterocycles. The standard InChI is InChI=1S/C22H26O7/c1-10(2)15-18(25)16-12(17(24)19(15)26)9-22-7-5-6-21(4,20(27)29-22)14(22)8-13(16)28-11(3)23/h10,13-14,25H,5-9H2,1-4H3/t13-,14+,21+,22+/m1/s1. The van der Waals surface area contributed by atoms with Crippen LogP contribution in [0.1, 0.15) is 59.8 Å². The van der Waals surface area contributed by atoms with Gasteiger partial charge in [-0.15, -0.1) is 0 Å². The molecule has 1 aliphatic heterocycles. The molecule has 0 radical (unpaired) electrons. The molecule has 156 valence electrons. The third-order valence-corrected chi connectivity index (χ3v) is 7.16. The predicted molar refractivity (Wildman–Crippen MR) is 101 cm³/mol. The lowest BCUT2D eigenvalue weighted by Gasteiger charge is -2.41. The van der Waals surface area contributed by atoms with Crippen molar-refractivity contribution in [2.75, 3.05) is 0 Å². The Balaban J connectivity index is 1.93. The summed E-state index contributed by atoms with van der Waals surface area (Å²) >= 11 is 0. The van der Waals surface area contributed by atoms with Crippen LogP contribution in [-0.2, 0) is 28.7 Å². The zero-order valence-electron chi connectivity index (χ0n) is 17.2. The summed E-state index contributed by atoms with van der Waals surface area (Å²) in [4.78, 5) is 50.4. The summed E-state index contributed by atoms with van der Waals surface area (Å²) in [6.07, 6.45) is 1.41. The molecule has 1 N–H and O–H groups in total. The van der Waals surface area contributed by atoms with Crippen molar-refractivity contribution in [3.05, 3.63) is 22.5 Å². The minimum Gasteiger partial charge on any atom is -0.507 e. The van der Waals surface area contributed by atoms with Crippen molar-refractivity contribution >= 4 is 23.5 Å². The van der Waals surface area contributed by atoms with E-state index in [1.54, 1.807) is 13.8 Å². The van der Waals surface area contributed by atoms with Crippen LogP contribution in [0, 0.1) is 17.3 Å². The van der Waals surface area contributed by atoms with Crippen LogP contribution in [0.4, 0.5) is 0 Å². The summed E-state index contributed by atoms with van der Waals surface area (Å²) in [5.41, 5.74) is -1.28. The minimum atomic E-state index is -0.912. The predicted octanol–water partition coefficient (Wildman–Crippen LogP) is 2.73. The fraction of sp³-hybridized carbons (Fsp3) is 0.636. The Morgan fingerprint density at radius 1 is 1.21 bits per heavy atom. The Kier molecular flexibility index (Phi) is 4.30. The fourth-order valence-electron chi connectivity index (χ4n) is 5.85. The highest BCUT2D eigenvalue weighted by Gasteiger charge is 2.66. The first-order valence-electron chi connectivity index (χ1n) is 10.2. The maximum atomic E-state index is 13.1. The number of allylic oxidation sites excluding steroid dienone is 1. The largest absolute Gasteiger partial charge is 0.507 e. The number of ether oxygens (including phenoxy) is 2. The Bertz CT molecular complexity index is 908. The Hall–Kier alpha value is -2.44. The monoisotopic (exact) mass is 402 g/mol. The summed E-state index contributed by atoms with van der Waals surface area (Å²) in [5, 5.41) is 11.0. The van der Waals surface area contributed by atoms with Gasteiger partial charge in [0.25, 0.3) is 0 Å². The quantitative estimate of drug-likeness (QED) is 0.430. The molecule has 7 nitrogen and oxygen atoms in total. The number of ketones is 2. The molecule has 0 amide bonds. The molecule has 4 aliphatic rings. The number of rotatable bonds is 2. The first-order valence-corrected chi connectivity index (χ1v) is 10.2. The number of carbonyl (C=O) groups is 4. The molecule has 4 atom stereocenters. The number of Topliss-reactive ketones (excluding diaryl/α,β-unsaturated/α-hetero) is 2. The maximum absolute atomic E-state index is 13.1. The van der Waals surface area contributed by atoms with E-state index in [-0.39, 0.29) is 53.1 Å². The number of aliphatic hydroxyl groups is 1. The van der Waals surface area contributed by atoms with E-state index in [0.717, 1.165) is 6.42 Å². The first-order chi connectivity index (χ1) is 13.5. The third kappa shape index (κ3) is 2.62. The van der Waals surface area contributed by atoms with Gasteiger partial charge in [0.05, 0.1) is 5.41 Å². The van der Waals surface area contributed by atoms with Crippen molar-refractivity contribution in [3.8, 4) is 0 Å². The summed E-state index contributed by atoms with van der Waals surface area (Å²) in [6.45, 7) is 6.57. The van der Waals surface area contributed by atoms with E-state index in [1.807, 2.05) is 6.92 Å². The second-order valence-electron chi connectivity index (χ2n) is 9.26. The molecule has 0 aromatic heterocycles. The van der Waals surface area contributed by atoms with Crippen LogP contribution < -0.4 is 0 Å². The summed E-state index contributed by atoms with van der Waals surface area (Å²) in [7, 11) is 0. The van der Waals surface area contributed by atoms with Crippen LogP contribution in [0.25, 0.3) is 0 Å². The topological polar surface area (TPSA) is 107 Å². The van der Waals surface area contributed by atoms with Crippen molar-refractivity contribution < 1.29 is 33.8 Å². The van der Waals surface area contributed by atoms with E-state index >= 15 is 0 Å². The van der Waals surface area contributed by atoms with Crippen LogP contribution in [0.3, 0.4) is 0 Å². The van der Waals surface area contributed by atoms with Crippen LogP contribution >= 0.6 is 0 Å². The highest BCUT2D eigenvalue weighted by Crippen LogP contribution is 2.61. The van der Waals surface area contributed by atoms with Crippen LogP contribution in [-0.4, -0.2) is 40.3 Å². The molecule has 2 bridgehead atoms. The summed E-state index contributed by atoms with van der Waals surface area (Å²) in [6, 6.07) is 0. The Morgan fingerprint density at radius 3 is 2.52 bits per heavy atom. The normalized spacial score (nSPS) is 36.7. The second-order valence-corrected chi connectivity index (χ2v) is 9.26. The lowest BCUT2D eigenvalue weighted by atomic mass is 9.60. The lowest BCUT2D eigenvalue weighted by Crippen LogP contribution is -2.45. The van der Waals surface area contributed by atoms with Crippen LogP contribution in [0.15, 0.2) is 22.5 Å². The zero-order valence-corrected chi connectivity index (χ0v) is 17.2. The van der Waals surface area contributed by atoms with Gasteiger partial charge in [-0.05, 0) is 38.5 Å². The lowest BCUT2D eigenvalue weighted by molar-refractivity contribution is -0.153. The van der Waals surface area contributed by atoms with Gasteiger partial charge in [0, 0.05) is 36.0 Å². The number of hydrogen-bond donors (Lipinski definition) is 1. The van der Waals surface area contributed by atoms with Crippen LogP contribution in [0.2, 0.25) is 0 Å². The molecule has 7 heteroatoms. The van der Waals surface area contributed by atoms with Gasteiger partial charge in [-0.3, -0.25) is 19.2 Å². The van der Waals surface area contributed by atoms with Crippen molar-refractivity contribution in [1.29, 1.82) is 0 Å². The second kappa shape index (κ2) is 6.28. The van der Waals surface area contributed by atoms with E-state index in [0.29, 0.717) is 12.8 Å². The molecule has 4 rings (SSSR count). The average Bonchev–Trinajstić information content (AvgIpc) is 2.73. The van der Waals surface area contributed by atoms with Gasteiger partial charge < -0.3 is 14.6 Å². The van der Waals surface area contributed by atoms with E-state index < -0.39 is 34.7 Å². The molecule has 1 heterocycles. The van der Waals surface area contributed by atoms with Crippen molar-refractivity contribution in [1.82, 2.24) is 0 Å². The molecular weight excluding hydrogens is 376 g/mol. The molecule has 2 fully saturated rings. The number of hydrogen-bond acceptors (Lipinski definition) is 7. The summed E-state index contributed by atoms with van der Waals surface area (Å²) < 4.78 is 11.4. The van der Waals surface area contributed by atoms with E-state index in [2.05, 4.69) is 0 Å². The van der Waals surface area contributed by atoms with Gasteiger partial charge in [-0.1, -0.05) is 13.8 Å². The van der Waals surface area contributed by atoms with Gasteiger partial charge in [0.1, 0.15) is 17.5 Å². The van der Waals surface area contributed by atoms with Gasteiger partial charge in [0.15, 0.2) is 0 Å². The minimum absolute atomic E-state index is 0.0432. The highest BCUT2D eigenvalue weighted by molar-refractivity contribution is 6.50. The maximum Gasteiger partial charge on any atom is 0.312 e. The van der Waals surface area contributed by atoms with Gasteiger partial charge in [-0.25, -0.2) is 0 Å². The molecule has 0 aromatic rings. The number of aliphatic hydroxyl groups excluding tert-OH is 1. The van der Waals surface area contributed by atoms with Crippen molar-refractivity contribution in [2.45, 2.75) is 71.5 Å². The number of esters is 2. The Morgan fingerprint density at radius 2 is 1.90 bits per heavy atom. The summed E-state index contributed by atoms with van der Waals surface area (Å²) in [5.74, 6) is -3.21. The molecule has 0 unspecified atom stereocenters. The van der Waals surface area contributed by atoms with Gasteiger partial charge in [0.2, 0.25) is 11.6 Å². The van der Waals surface area contributed by atoms with E-state index in [1.165, 1.54) is 6.92 Å². The smallest absolute Gasteiger partial charge is 0.312 e. The highest BCUT2D eigenvalue weighted by atomic mass is 16.6. The molecule has 0 spiro atoms. The van der Waals surface area contributed by atoms with E-state index in [9.17, 15) is 24.3 Å². The Labute approximate surface area is 169 Å².